The Morgan fingerprint density at radius 2 is 1.95 bits per heavy atom. The zero-order chi connectivity index (χ0) is 16.3. The van der Waals surface area contributed by atoms with E-state index in [9.17, 15) is 9.59 Å². The molecule has 2 rings (SSSR count). The summed E-state index contributed by atoms with van der Waals surface area (Å²) in [5.74, 6) is -0.781. The van der Waals surface area contributed by atoms with E-state index >= 15 is 0 Å². The molecule has 22 heavy (non-hydrogen) atoms. The number of ether oxygens (including phenoxy) is 1. The predicted octanol–water partition coefficient (Wildman–Crippen LogP) is 4.45. The van der Waals surface area contributed by atoms with Crippen LogP contribution in [0.1, 0.15) is 38.1 Å². The molecular weight excluding hydrogens is 322 g/mol. The Kier molecular flexibility index (Phi) is 5.21. The van der Waals surface area contributed by atoms with Crippen molar-refractivity contribution in [3.05, 3.63) is 50.9 Å². The first kappa shape index (κ1) is 16.5. The van der Waals surface area contributed by atoms with E-state index in [1.54, 1.807) is 31.2 Å². The summed E-state index contributed by atoms with van der Waals surface area (Å²) >= 11 is 7.37. The Morgan fingerprint density at radius 3 is 2.59 bits per heavy atom. The van der Waals surface area contributed by atoms with Gasteiger partial charge in [-0.2, -0.15) is 0 Å². The molecule has 1 aromatic heterocycles. The maximum atomic E-state index is 12.3. The quantitative estimate of drug-likeness (QED) is 0.839. The Morgan fingerprint density at radius 1 is 1.27 bits per heavy atom. The van der Waals surface area contributed by atoms with Gasteiger partial charge < -0.3 is 10.1 Å². The summed E-state index contributed by atoms with van der Waals surface area (Å²) < 4.78 is 5.06. The van der Waals surface area contributed by atoms with Gasteiger partial charge >= 0.3 is 5.97 Å². The van der Waals surface area contributed by atoms with Crippen LogP contribution in [0.3, 0.4) is 0 Å². The van der Waals surface area contributed by atoms with E-state index in [4.69, 9.17) is 16.3 Å². The van der Waals surface area contributed by atoms with Crippen molar-refractivity contribution in [2.75, 3.05) is 11.9 Å². The minimum atomic E-state index is -0.432. The van der Waals surface area contributed by atoms with Gasteiger partial charge in [0.2, 0.25) is 0 Å². The largest absolute Gasteiger partial charge is 0.462 e. The third kappa shape index (κ3) is 3.31. The fraction of sp³-hybridized carbons (Fsp3) is 0.250. The van der Waals surface area contributed by atoms with Crippen LogP contribution in [0, 0.1) is 13.8 Å². The normalized spacial score (nSPS) is 10.4. The number of halogens is 1. The van der Waals surface area contributed by atoms with Gasteiger partial charge in [-0.1, -0.05) is 23.7 Å². The second-order valence-electron chi connectivity index (χ2n) is 4.64. The molecule has 0 fully saturated rings. The minimum absolute atomic E-state index is 0.283. The molecule has 0 aliphatic rings. The van der Waals surface area contributed by atoms with E-state index in [-0.39, 0.29) is 12.5 Å². The van der Waals surface area contributed by atoms with E-state index in [0.717, 1.165) is 10.4 Å². The van der Waals surface area contributed by atoms with Crippen LogP contribution in [0.2, 0.25) is 5.02 Å². The molecule has 1 amide bonds. The zero-order valence-corrected chi connectivity index (χ0v) is 14.1. The highest BCUT2D eigenvalue weighted by Crippen LogP contribution is 2.33. The smallest absolute Gasteiger partial charge is 0.341 e. The first-order chi connectivity index (χ1) is 10.5. The van der Waals surface area contributed by atoms with Crippen LogP contribution in [-0.4, -0.2) is 18.5 Å². The monoisotopic (exact) mass is 337 g/mol. The first-order valence-corrected chi connectivity index (χ1v) is 7.98. The third-order valence-corrected chi connectivity index (χ3v) is 4.66. The van der Waals surface area contributed by atoms with Gasteiger partial charge in [-0.15, -0.1) is 11.3 Å². The van der Waals surface area contributed by atoms with Crippen molar-refractivity contribution < 1.29 is 14.3 Å². The van der Waals surface area contributed by atoms with E-state index in [1.165, 1.54) is 11.3 Å². The van der Waals surface area contributed by atoms with Crippen molar-refractivity contribution in [3.63, 3.8) is 0 Å². The summed E-state index contributed by atoms with van der Waals surface area (Å²) in [5.41, 5.74) is 1.59. The Balaban J connectivity index is 2.34. The van der Waals surface area contributed by atoms with E-state index in [2.05, 4.69) is 5.32 Å². The Hall–Kier alpha value is -1.85. The van der Waals surface area contributed by atoms with Crippen LogP contribution in [0.25, 0.3) is 0 Å². The number of esters is 1. The van der Waals surface area contributed by atoms with E-state index in [0.29, 0.717) is 21.2 Å². The predicted molar refractivity (Wildman–Crippen MR) is 89.2 cm³/mol. The summed E-state index contributed by atoms with van der Waals surface area (Å²) in [5, 5.41) is 3.61. The van der Waals surface area contributed by atoms with Gasteiger partial charge in [-0.3, -0.25) is 4.79 Å². The van der Waals surface area contributed by atoms with Crippen molar-refractivity contribution in [2.24, 2.45) is 0 Å². The van der Waals surface area contributed by atoms with Crippen LogP contribution < -0.4 is 5.32 Å². The fourth-order valence-corrected chi connectivity index (χ4v) is 3.24. The van der Waals surface area contributed by atoms with Crippen molar-refractivity contribution >= 4 is 39.8 Å². The maximum Gasteiger partial charge on any atom is 0.341 e. The molecule has 0 bridgehead atoms. The van der Waals surface area contributed by atoms with Crippen molar-refractivity contribution in [2.45, 2.75) is 20.8 Å². The molecular formula is C16H16ClNO3S. The summed E-state index contributed by atoms with van der Waals surface area (Å²) in [6.45, 7) is 5.76. The lowest BCUT2D eigenvalue weighted by Gasteiger charge is -2.08. The lowest BCUT2D eigenvalue weighted by molar-refractivity contribution is 0.0527. The third-order valence-electron chi connectivity index (χ3n) is 3.21. The molecule has 1 N–H and O–H groups in total. The van der Waals surface area contributed by atoms with Gasteiger partial charge in [-0.05, 0) is 38.5 Å². The average molecular weight is 338 g/mol. The minimum Gasteiger partial charge on any atom is -0.462 e. The second-order valence-corrected chi connectivity index (χ2v) is 6.27. The summed E-state index contributed by atoms with van der Waals surface area (Å²) in [6, 6.07) is 6.77. The summed E-state index contributed by atoms with van der Waals surface area (Å²) in [7, 11) is 0. The van der Waals surface area contributed by atoms with Crippen LogP contribution in [0.15, 0.2) is 24.3 Å². The number of benzene rings is 1. The molecule has 6 heteroatoms. The van der Waals surface area contributed by atoms with Gasteiger partial charge in [0.05, 0.1) is 22.8 Å². The molecule has 4 nitrogen and oxygen atoms in total. The number of aryl methyl sites for hydroxylation is 1. The summed E-state index contributed by atoms with van der Waals surface area (Å²) in [4.78, 5) is 25.4. The number of nitrogens with one attached hydrogen (secondary N) is 1. The maximum absolute atomic E-state index is 12.3. The molecule has 0 radical (unpaired) electrons. The zero-order valence-electron chi connectivity index (χ0n) is 12.5. The van der Waals surface area contributed by atoms with Gasteiger partial charge in [0, 0.05) is 4.88 Å². The van der Waals surface area contributed by atoms with Gasteiger partial charge in [0.1, 0.15) is 5.00 Å². The first-order valence-electron chi connectivity index (χ1n) is 6.78. The van der Waals surface area contributed by atoms with Crippen molar-refractivity contribution in [3.8, 4) is 0 Å². The molecule has 2 aromatic rings. The standard InChI is InChI=1S/C16H16ClNO3S/c1-4-21-16(20)13-9(2)10(3)22-15(13)18-14(19)11-7-5-6-8-12(11)17/h5-8H,4H2,1-3H3,(H,18,19). The van der Waals surface area contributed by atoms with Crippen LogP contribution in [0.5, 0.6) is 0 Å². The lowest BCUT2D eigenvalue weighted by atomic mass is 10.1. The number of rotatable bonds is 4. The molecule has 0 aliphatic heterocycles. The Bertz CT molecular complexity index is 724. The number of carbonyl (C=O) groups is 2. The number of anilines is 1. The van der Waals surface area contributed by atoms with Crippen molar-refractivity contribution in [1.29, 1.82) is 0 Å². The Labute approximate surface area is 138 Å². The molecule has 0 aliphatic carbocycles. The fourth-order valence-electron chi connectivity index (χ4n) is 1.98. The van der Waals surface area contributed by atoms with Crippen molar-refractivity contribution in [1.82, 2.24) is 0 Å². The molecule has 0 spiro atoms. The average Bonchev–Trinajstić information content (AvgIpc) is 2.74. The van der Waals surface area contributed by atoms with Gasteiger partial charge in [0.25, 0.3) is 5.91 Å². The van der Waals surface area contributed by atoms with E-state index < -0.39 is 5.97 Å². The number of hydrogen-bond acceptors (Lipinski definition) is 4. The number of hydrogen-bond donors (Lipinski definition) is 1. The molecule has 1 aromatic carbocycles. The number of amides is 1. The highest BCUT2D eigenvalue weighted by atomic mass is 35.5. The topological polar surface area (TPSA) is 55.4 Å². The highest BCUT2D eigenvalue weighted by molar-refractivity contribution is 7.16. The number of thiophene rings is 1. The van der Waals surface area contributed by atoms with Gasteiger partial charge in [0.15, 0.2) is 0 Å². The molecule has 0 unspecified atom stereocenters. The molecule has 1 heterocycles. The molecule has 0 saturated carbocycles. The number of carbonyl (C=O) groups excluding carboxylic acids is 2. The van der Waals surface area contributed by atoms with E-state index in [1.807, 2.05) is 13.8 Å². The SMILES string of the molecule is CCOC(=O)c1c(NC(=O)c2ccccc2Cl)sc(C)c1C. The second kappa shape index (κ2) is 6.94. The lowest BCUT2D eigenvalue weighted by Crippen LogP contribution is -2.15. The molecule has 0 atom stereocenters. The van der Waals surface area contributed by atoms with Crippen LogP contribution >= 0.6 is 22.9 Å². The van der Waals surface area contributed by atoms with Crippen LogP contribution in [0.4, 0.5) is 5.00 Å². The molecule has 0 saturated heterocycles. The molecule has 116 valence electrons. The summed E-state index contributed by atoms with van der Waals surface area (Å²) in [6.07, 6.45) is 0. The van der Waals surface area contributed by atoms with Crippen LogP contribution in [-0.2, 0) is 4.74 Å². The highest BCUT2D eigenvalue weighted by Gasteiger charge is 2.22. The van der Waals surface area contributed by atoms with Gasteiger partial charge in [-0.25, -0.2) is 4.79 Å².